The van der Waals surface area contributed by atoms with E-state index in [1.54, 1.807) is 0 Å². The molecule has 1 heterocycles. The molecule has 8 heteroatoms. The van der Waals surface area contributed by atoms with Gasteiger partial charge in [0.2, 0.25) is 10.0 Å². The van der Waals surface area contributed by atoms with Crippen LogP contribution in [0.3, 0.4) is 0 Å². The molecule has 2 atom stereocenters. The standard InChI is InChI=1S/C12H14Cl3NO3S/c1-7-2-3-16(11(7)6-17)20(18,19)12-9(14)4-8(13)5-10(12)15/h4-5,7,11,17H,2-3,6H2,1H3. The molecular formula is C12H14Cl3NO3S. The molecule has 1 aromatic carbocycles. The number of halogens is 3. The van der Waals surface area contributed by atoms with Gasteiger partial charge in [-0.15, -0.1) is 0 Å². The molecule has 0 bridgehead atoms. The van der Waals surface area contributed by atoms with E-state index >= 15 is 0 Å². The fourth-order valence-electron chi connectivity index (χ4n) is 2.44. The number of hydrogen-bond acceptors (Lipinski definition) is 3. The Kier molecular flexibility index (Phi) is 4.89. The summed E-state index contributed by atoms with van der Waals surface area (Å²) in [6.07, 6.45) is 0.688. The van der Waals surface area contributed by atoms with Crippen molar-refractivity contribution in [2.24, 2.45) is 5.92 Å². The van der Waals surface area contributed by atoms with Crippen molar-refractivity contribution in [3.63, 3.8) is 0 Å². The van der Waals surface area contributed by atoms with Gasteiger partial charge >= 0.3 is 0 Å². The molecule has 1 fully saturated rings. The van der Waals surface area contributed by atoms with Gasteiger partial charge in [-0.1, -0.05) is 41.7 Å². The molecule has 0 spiro atoms. The smallest absolute Gasteiger partial charge is 0.246 e. The number of sulfonamides is 1. The molecule has 20 heavy (non-hydrogen) atoms. The van der Waals surface area contributed by atoms with Gasteiger partial charge in [-0.25, -0.2) is 8.42 Å². The maximum atomic E-state index is 12.7. The summed E-state index contributed by atoms with van der Waals surface area (Å²) in [6.45, 7) is 2.01. The van der Waals surface area contributed by atoms with E-state index in [1.807, 2.05) is 6.92 Å². The Morgan fingerprint density at radius 1 is 1.30 bits per heavy atom. The predicted molar refractivity (Wildman–Crippen MR) is 80.0 cm³/mol. The molecule has 0 aliphatic carbocycles. The van der Waals surface area contributed by atoms with Crippen LogP contribution in [-0.2, 0) is 10.0 Å². The van der Waals surface area contributed by atoms with Gasteiger partial charge in [0.1, 0.15) is 4.90 Å². The minimum absolute atomic E-state index is 0.0151. The van der Waals surface area contributed by atoms with Crippen LogP contribution >= 0.6 is 34.8 Å². The van der Waals surface area contributed by atoms with Crippen molar-refractivity contribution in [3.8, 4) is 0 Å². The van der Waals surface area contributed by atoms with Gasteiger partial charge in [0.05, 0.1) is 22.7 Å². The van der Waals surface area contributed by atoms with Crippen LogP contribution in [0.1, 0.15) is 13.3 Å². The molecule has 4 nitrogen and oxygen atoms in total. The summed E-state index contributed by atoms with van der Waals surface area (Å²) in [5, 5.41) is 9.65. The number of benzene rings is 1. The zero-order chi connectivity index (χ0) is 15.1. The molecule has 0 amide bonds. The quantitative estimate of drug-likeness (QED) is 0.903. The molecule has 2 rings (SSSR count). The van der Waals surface area contributed by atoms with Gasteiger partial charge in [0, 0.05) is 11.6 Å². The SMILES string of the molecule is CC1CCN(S(=O)(=O)c2c(Cl)cc(Cl)cc2Cl)C1CO. The second-order valence-corrected chi connectivity index (χ2v) is 7.91. The summed E-state index contributed by atoms with van der Waals surface area (Å²) in [7, 11) is -3.86. The maximum absolute atomic E-state index is 12.7. The Morgan fingerprint density at radius 3 is 2.35 bits per heavy atom. The molecule has 1 aliphatic heterocycles. The number of nitrogens with zero attached hydrogens (tertiary/aromatic N) is 1. The van der Waals surface area contributed by atoms with Gasteiger partial charge in [0.15, 0.2) is 0 Å². The summed E-state index contributed by atoms with van der Waals surface area (Å²) in [6, 6.07) is 2.23. The van der Waals surface area contributed by atoms with Crippen LogP contribution in [0.4, 0.5) is 0 Å². The lowest BCUT2D eigenvalue weighted by Crippen LogP contribution is -2.40. The highest BCUT2D eigenvalue weighted by Crippen LogP contribution is 2.37. The zero-order valence-corrected chi connectivity index (χ0v) is 13.8. The lowest BCUT2D eigenvalue weighted by molar-refractivity contribution is 0.191. The van der Waals surface area contributed by atoms with Crippen LogP contribution in [0.15, 0.2) is 17.0 Å². The topological polar surface area (TPSA) is 57.6 Å². The first-order valence-corrected chi connectivity index (χ1v) is 8.63. The highest BCUT2D eigenvalue weighted by molar-refractivity contribution is 7.89. The summed E-state index contributed by atoms with van der Waals surface area (Å²) < 4.78 is 26.7. The Morgan fingerprint density at radius 2 is 1.85 bits per heavy atom. The third-order valence-corrected chi connectivity index (χ3v) is 6.61. The van der Waals surface area contributed by atoms with Crippen LogP contribution in [0, 0.1) is 5.92 Å². The second-order valence-electron chi connectivity index (χ2n) is 4.83. The van der Waals surface area contributed by atoms with Crippen LogP contribution < -0.4 is 0 Å². The van der Waals surface area contributed by atoms with E-state index < -0.39 is 16.1 Å². The molecule has 2 unspecified atom stereocenters. The van der Waals surface area contributed by atoms with E-state index in [1.165, 1.54) is 16.4 Å². The fraction of sp³-hybridized carbons (Fsp3) is 0.500. The van der Waals surface area contributed by atoms with Crippen molar-refractivity contribution in [3.05, 3.63) is 27.2 Å². The molecule has 112 valence electrons. The minimum atomic E-state index is -3.86. The van der Waals surface area contributed by atoms with E-state index in [-0.39, 0.29) is 32.5 Å². The Labute approximate surface area is 133 Å². The first-order valence-electron chi connectivity index (χ1n) is 6.06. The molecular weight excluding hydrogens is 345 g/mol. The van der Waals surface area contributed by atoms with Gasteiger partial charge < -0.3 is 5.11 Å². The molecule has 1 N–H and O–H groups in total. The largest absolute Gasteiger partial charge is 0.395 e. The van der Waals surface area contributed by atoms with Crippen molar-refractivity contribution >= 4 is 44.8 Å². The van der Waals surface area contributed by atoms with Gasteiger partial charge in [-0.3, -0.25) is 0 Å². The highest BCUT2D eigenvalue weighted by atomic mass is 35.5. The Balaban J connectivity index is 2.51. The van der Waals surface area contributed by atoms with Crippen molar-refractivity contribution in [2.45, 2.75) is 24.3 Å². The van der Waals surface area contributed by atoms with E-state index in [2.05, 4.69) is 0 Å². The van der Waals surface area contributed by atoms with Gasteiger partial charge in [-0.2, -0.15) is 4.31 Å². The molecule has 0 aromatic heterocycles. The Hall–Kier alpha value is -0.0400. The summed E-state index contributed by atoms with van der Waals surface area (Å²) in [4.78, 5) is -0.155. The first kappa shape index (κ1) is 16.3. The van der Waals surface area contributed by atoms with E-state index in [0.29, 0.717) is 13.0 Å². The van der Waals surface area contributed by atoms with Crippen LogP contribution in [-0.4, -0.2) is 37.0 Å². The highest BCUT2D eigenvalue weighted by Gasteiger charge is 2.40. The molecule has 0 radical (unpaired) electrons. The Bertz CT molecular complexity index is 597. The number of hydrogen-bond donors (Lipinski definition) is 1. The molecule has 0 saturated carbocycles. The minimum Gasteiger partial charge on any atom is -0.395 e. The van der Waals surface area contributed by atoms with Crippen molar-refractivity contribution in [1.82, 2.24) is 4.31 Å². The fourth-order valence-corrected chi connectivity index (χ4v) is 5.66. The first-order chi connectivity index (χ1) is 9.28. The predicted octanol–water partition coefficient (Wildman–Crippen LogP) is 3.04. The van der Waals surface area contributed by atoms with Gasteiger partial charge in [0.25, 0.3) is 0 Å². The molecule has 1 aromatic rings. The summed E-state index contributed by atoms with van der Waals surface area (Å²) in [5.74, 6) is 0.0830. The molecule has 1 aliphatic rings. The van der Waals surface area contributed by atoms with Crippen LogP contribution in [0.25, 0.3) is 0 Å². The lowest BCUT2D eigenvalue weighted by atomic mass is 10.0. The maximum Gasteiger partial charge on any atom is 0.246 e. The van der Waals surface area contributed by atoms with Crippen molar-refractivity contribution in [2.75, 3.05) is 13.2 Å². The average Bonchev–Trinajstić information content (AvgIpc) is 2.69. The zero-order valence-electron chi connectivity index (χ0n) is 10.7. The third-order valence-electron chi connectivity index (χ3n) is 3.55. The normalized spacial score (nSPS) is 24.2. The van der Waals surface area contributed by atoms with Gasteiger partial charge in [-0.05, 0) is 24.5 Å². The van der Waals surface area contributed by atoms with Crippen molar-refractivity contribution in [1.29, 1.82) is 0 Å². The van der Waals surface area contributed by atoms with E-state index in [4.69, 9.17) is 34.8 Å². The van der Waals surface area contributed by atoms with E-state index in [9.17, 15) is 13.5 Å². The van der Waals surface area contributed by atoms with E-state index in [0.717, 1.165) is 0 Å². The van der Waals surface area contributed by atoms with Crippen molar-refractivity contribution < 1.29 is 13.5 Å². The van der Waals surface area contributed by atoms with Crippen LogP contribution in [0.2, 0.25) is 15.1 Å². The number of rotatable bonds is 3. The molecule has 1 saturated heterocycles. The monoisotopic (exact) mass is 357 g/mol. The lowest BCUT2D eigenvalue weighted by Gasteiger charge is -2.25. The summed E-state index contributed by atoms with van der Waals surface area (Å²) >= 11 is 17.8. The summed E-state index contributed by atoms with van der Waals surface area (Å²) in [5.41, 5.74) is 0. The second kappa shape index (κ2) is 5.99. The number of aliphatic hydroxyl groups is 1. The average molecular weight is 359 g/mol. The third kappa shape index (κ3) is 2.80. The number of aliphatic hydroxyl groups excluding tert-OH is 1. The van der Waals surface area contributed by atoms with Crippen LogP contribution in [0.5, 0.6) is 0 Å².